The van der Waals surface area contributed by atoms with Crippen molar-refractivity contribution in [3.8, 4) is 0 Å². The summed E-state index contributed by atoms with van der Waals surface area (Å²) in [7, 11) is 0. The second-order valence-electron chi connectivity index (χ2n) is 4.43. The van der Waals surface area contributed by atoms with Gasteiger partial charge in [0.2, 0.25) is 0 Å². The number of anilines is 1. The van der Waals surface area contributed by atoms with Gasteiger partial charge in [-0.2, -0.15) is 0 Å². The molecule has 2 rings (SSSR count). The van der Waals surface area contributed by atoms with E-state index in [0.29, 0.717) is 15.3 Å². The number of nitrogens with one attached hydrogen (secondary N) is 1. The molecular weight excluding hydrogens is 273 g/mol. The molecule has 0 heterocycles. The second-order valence-corrected chi connectivity index (χ2v) is 6.33. The number of hydrogen-bond acceptors (Lipinski definition) is 2. The Balaban J connectivity index is 1.90. The highest BCUT2D eigenvalue weighted by molar-refractivity contribution is 8.01. The van der Waals surface area contributed by atoms with Gasteiger partial charge in [0.25, 0.3) is 0 Å². The van der Waals surface area contributed by atoms with E-state index in [-0.39, 0.29) is 0 Å². The van der Waals surface area contributed by atoms with E-state index in [2.05, 4.69) is 4.72 Å². The average Bonchev–Trinajstić information content (AvgIpc) is 2.59. The molecule has 0 spiro atoms. The van der Waals surface area contributed by atoms with Crippen molar-refractivity contribution in [1.29, 1.82) is 0 Å². The number of halogens is 2. The molecule has 4 heteroatoms. The number of benzene rings is 1. The molecule has 17 heavy (non-hydrogen) atoms. The Kier molecular flexibility index (Phi) is 5.33. The SMILES string of the molecule is Clc1cccc(NSC2CCCCCC2)c1Cl. The molecule has 1 saturated carbocycles. The van der Waals surface area contributed by atoms with Gasteiger partial charge in [0.1, 0.15) is 0 Å². The van der Waals surface area contributed by atoms with Crippen molar-refractivity contribution in [2.24, 2.45) is 0 Å². The first-order chi connectivity index (χ1) is 8.27. The highest BCUT2D eigenvalue weighted by Gasteiger charge is 2.13. The van der Waals surface area contributed by atoms with Crippen LogP contribution in [0.3, 0.4) is 0 Å². The lowest BCUT2D eigenvalue weighted by Gasteiger charge is -2.15. The fourth-order valence-electron chi connectivity index (χ4n) is 2.09. The van der Waals surface area contributed by atoms with Crippen LogP contribution in [0.25, 0.3) is 0 Å². The summed E-state index contributed by atoms with van der Waals surface area (Å²) in [6, 6.07) is 5.70. The van der Waals surface area contributed by atoms with Gasteiger partial charge in [0, 0.05) is 5.25 Å². The largest absolute Gasteiger partial charge is 0.328 e. The van der Waals surface area contributed by atoms with E-state index in [1.807, 2.05) is 18.2 Å². The summed E-state index contributed by atoms with van der Waals surface area (Å²) in [5.74, 6) is 0. The molecule has 1 N–H and O–H groups in total. The molecule has 1 aromatic rings. The molecule has 0 aromatic heterocycles. The van der Waals surface area contributed by atoms with Crippen molar-refractivity contribution in [3.63, 3.8) is 0 Å². The van der Waals surface area contributed by atoms with E-state index in [4.69, 9.17) is 23.2 Å². The van der Waals surface area contributed by atoms with Gasteiger partial charge in [0.05, 0.1) is 15.7 Å². The Bertz CT molecular complexity index is 362. The molecule has 94 valence electrons. The van der Waals surface area contributed by atoms with Gasteiger partial charge in [-0.3, -0.25) is 0 Å². The molecule has 1 fully saturated rings. The van der Waals surface area contributed by atoms with Crippen LogP contribution >= 0.6 is 35.1 Å². The quantitative estimate of drug-likeness (QED) is 0.559. The summed E-state index contributed by atoms with van der Waals surface area (Å²) in [6.45, 7) is 0. The Morgan fingerprint density at radius 2 is 1.76 bits per heavy atom. The van der Waals surface area contributed by atoms with Crippen LogP contribution in [-0.2, 0) is 0 Å². The molecule has 0 atom stereocenters. The van der Waals surface area contributed by atoms with Gasteiger partial charge >= 0.3 is 0 Å². The number of rotatable bonds is 3. The summed E-state index contributed by atoms with van der Waals surface area (Å²) in [6.07, 6.45) is 8.07. The Morgan fingerprint density at radius 3 is 2.47 bits per heavy atom. The normalized spacial score (nSPS) is 17.8. The molecule has 0 bridgehead atoms. The molecule has 0 aliphatic heterocycles. The predicted molar refractivity (Wildman–Crippen MR) is 79.2 cm³/mol. The van der Waals surface area contributed by atoms with Crippen LogP contribution in [0.15, 0.2) is 18.2 Å². The highest BCUT2D eigenvalue weighted by atomic mass is 35.5. The van der Waals surface area contributed by atoms with Crippen molar-refractivity contribution < 1.29 is 0 Å². The summed E-state index contributed by atoms with van der Waals surface area (Å²) in [5.41, 5.74) is 0.924. The van der Waals surface area contributed by atoms with Gasteiger partial charge in [-0.15, -0.1) is 0 Å². The molecule has 1 nitrogen and oxygen atoms in total. The first-order valence-electron chi connectivity index (χ1n) is 6.13. The van der Waals surface area contributed by atoms with Gasteiger partial charge in [-0.25, -0.2) is 0 Å². The molecule has 0 unspecified atom stereocenters. The maximum atomic E-state index is 6.14. The van der Waals surface area contributed by atoms with Crippen molar-refractivity contribution in [2.75, 3.05) is 4.72 Å². The van der Waals surface area contributed by atoms with Crippen molar-refractivity contribution in [1.82, 2.24) is 0 Å². The van der Waals surface area contributed by atoms with Crippen LogP contribution < -0.4 is 4.72 Å². The molecule has 1 aliphatic rings. The Hall–Kier alpha value is -0.0500. The zero-order chi connectivity index (χ0) is 12.1. The fraction of sp³-hybridized carbons (Fsp3) is 0.538. The van der Waals surface area contributed by atoms with Crippen LogP contribution in [0, 0.1) is 0 Å². The fourth-order valence-corrected chi connectivity index (χ4v) is 3.53. The summed E-state index contributed by atoms with van der Waals surface area (Å²) in [4.78, 5) is 0. The smallest absolute Gasteiger partial charge is 0.0832 e. The zero-order valence-electron chi connectivity index (χ0n) is 9.72. The van der Waals surface area contributed by atoms with Crippen molar-refractivity contribution in [2.45, 2.75) is 43.8 Å². The van der Waals surface area contributed by atoms with Gasteiger partial charge in [-0.05, 0) is 36.9 Å². The van der Waals surface area contributed by atoms with E-state index in [9.17, 15) is 0 Å². The third-order valence-corrected chi connectivity index (χ3v) is 5.05. The first kappa shape index (κ1) is 13.4. The van der Waals surface area contributed by atoms with E-state index >= 15 is 0 Å². The van der Waals surface area contributed by atoms with E-state index in [0.717, 1.165) is 5.69 Å². The zero-order valence-corrected chi connectivity index (χ0v) is 12.0. The van der Waals surface area contributed by atoms with Gasteiger partial charge < -0.3 is 4.72 Å². The Labute approximate surface area is 117 Å². The third kappa shape index (κ3) is 3.97. The first-order valence-corrected chi connectivity index (χ1v) is 7.76. The summed E-state index contributed by atoms with van der Waals surface area (Å²) in [5, 5.41) is 1.93. The van der Waals surface area contributed by atoms with Crippen LogP contribution in [0.4, 0.5) is 5.69 Å². The van der Waals surface area contributed by atoms with Gasteiger partial charge in [-0.1, -0.05) is 55.0 Å². The van der Waals surface area contributed by atoms with E-state index < -0.39 is 0 Å². The third-order valence-electron chi connectivity index (χ3n) is 3.09. The monoisotopic (exact) mass is 289 g/mol. The minimum Gasteiger partial charge on any atom is -0.328 e. The topological polar surface area (TPSA) is 12.0 Å². The average molecular weight is 290 g/mol. The molecule has 1 aliphatic carbocycles. The van der Waals surface area contributed by atoms with Crippen LogP contribution in [0.1, 0.15) is 38.5 Å². The minimum absolute atomic E-state index is 0.609. The lowest BCUT2D eigenvalue weighted by atomic mass is 10.2. The molecule has 1 aromatic carbocycles. The molecule has 0 radical (unpaired) electrons. The lowest BCUT2D eigenvalue weighted by Crippen LogP contribution is -2.04. The van der Waals surface area contributed by atoms with Gasteiger partial charge in [0.15, 0.2) is 0 Å². The standard InChI is InChI=1S/C13H17Cl2NS/c14-11-8-5-9-12(13(11)15)16-17-10-6-3-1-2-4-7-10/h5,8-10,16H,1-4,6-7H2. The second kappa shape index (κ2) is 6.77. The van der Waals surface area contributed by atoms with Crippen LogP contribution in [-0.4, -0.2) is 5.25 Å². The minimum atomic E-state index is 0.609. The number of hydrogen-bond donors (Lipinski definition) is 1. The summed E-state index contributed by atoms with van der Waals surface area (Å²) >= 11 is 13.9. The highest BCUT2D eigenvalue weighted by Crippen LogP contribution is 2.34. The molecule has 0 saturated heterocycles. The molecular formula is C13H17Cl2NS. The van der Waals surface area contributed by atoms with Crippen molar-refractivity contribution in [3.05, 3.63) is 28.2 Å². The predicted octanol–water partition coefficient (Wildman–Crippen LogP) is 5.78. The lowest BCUT2D eigenvalue weighted by molar-refractivity contribution is 0.702. The van der Waals surface area contributed by atoms with Crippen LogP contribution in [0.2, 0.25) is 10.0 Å². The van der Waals surface area contributed by atoms with E-state index in [1.54, 1.807) is 11.9 Å². The summed E-state index contributed by atoms with van der Waals surface area (Å²) < 4.78 is 3.35. The Morgan fingerprint density at radius 1 is 1.06 bits per heavy atom. The maximum Gasteiger partial charge on any atom is 0.0832 e. The molecule has 0 amide bonds. The maximum absolute atomic E-state index is 6.14. The van der Waals surface area contributed by atoms with E-state index in [1.165, 1.54) is 38.5 Å². The van der Waals surface area contributed by atoms with Crippen LogP contribution in [0.5, 0.6) is 0 Å². The van der Waals surface area contributed by atoms with Crippen molar-refractivity contribution >= 4 is 40.8 Å².